The van der Waals surface area contributed by atoms with Crippen molar-refractivity contribution in [3.05, 3.63) is 0 Å². The molecule has 0 saturated heterocycles. The molecule has 0 aromatic carbocycles. The molecule has 1 rings (SSSR count). The Kier molecular flexibility index (Phi) is 2.95. The van der Waals surface area contributed by atoms with Gasteiger partial charge in [0.05, 0.1) is 4.83 Å². The van der Waals surface area contributed by atoms with Crippen molar-refractivity contribution in [3.63, 3.8) is 0 Å². The second-order valence-electron chi connectivity index (χ2n) is 4.44. The van der Waals surface area contributed by atoms with Crippen molar-refractivity contribution < 1.29 is 14.4 Å². The summed E-state index contributed by atoms with van der Waals surface area (Å²) in [7, 11) is 0. The van der Waals surface area contributed by atoms with Gasteiger partial charge in [0.15, 0.2) is 11.6 Å². The third-order valence-corrected chi connectivity index (χ3v) is 4.27. The normalized spacial score (nSPS) is 31.7. The molecule has 0 bridgehead atoms. The van der Waals surface area contributed by atoms with Crippen molar-refractivity contribution >= 4 is 33.3 Å². The Bertz CT molecular complexity index is 306. The highest BCUT2D eigenvalue weighted by molar-refractivity contribution is 9.10. The molecule has 0 heterocycles. The summed E-state index contributed by atoms with van der Waals surface area (Å²) < 4.78 is 0. The van der Waals surface area contributed by atoms with E-state index in [1.165, 1.54) is 6.92 Å². The zero-order chi connectivity index (χ0) is 11.1. The topological polar surface area (TPSA) is 51.2 Å². The number of carbonyl (C=O) groups excluding carboxylic acids is 3. The number of rotatable bonds is 1. The molecule has 0 spiro atoms. The number of hydrogen-bond acceptors (Lipinski definition) is 3. The summed E-state index contributed by atoms with van der Waals surface area (Å²) in [4.78, 5) is 34.0. The van der Waals surface area contributed by atoms with E-state index in [9.17, 15) is 14.4 Å². The average Bonchev–Trinajstić information content (AvgIpc) is 1.98. The SMILES string of the molecule is CC(=O)C1C(=O)CC(C)(C)C(Br)C1=O. The molecule has 0 aliphatic heterocycles. The van der Waals surface area contributed by atoms with Gasteiger partial charge in [-0.05, 0) is 12.3 Å². The highest BCUT2D eigenvalue weighted by Gasteiger charge is 2.48. The number of alkyl halides is 1. The van der Waals surface area contributed by atoms with Crippen LogP contribution in [0.1, 0.15) is 27.2 Å². The standard InChI is InChI=1S/C10H13BrO3/c1-5(12)7-6(13)4-10(2,3)9(11)8(7)14/h7,9H,4H2,1-3H3. The molecule has 2 atom stereocenters. The Labute approximate surface area is 91.4 Å². The van der Waals surface area contributed by atoms with E-state index in [2.05, 4.69) is 15.9 Å². The average molecular weight is 261 g/mol. The molecule has 2 unspecified atom stereocenters. The molecule has 14 heavy (non-hydrogen) atoms. The van der Waals surface area contributed by atoms with Crippen molar-refractivity contribution in [3.8, 4) is 0 Å². The molecular weight excluding hydrogens is 248 g/mol. The summed E-state index contributed by atoms with van der Waals surface area (Å²) in [5, 5.41) is 0. The quantitative estimate of drug-likeness (QED) is 0.531. The molecule has 1 fully saturated rings. The van der Waals surface area contributed by atoms with Gasteiger partial charge in [-0.2, -0.15) is 0 Å². The summed E-state index contributed by atoms with van der Waals surface area (Å²) in [5.74, 6) is -1.92. The van der Waals surface area contributed by atoms with Gasteiger partial charge in [-0.1, -0.05) is 29.8 Å². The Morgan fingerprint density at radius 3 is 2.36 bits per heavy atom. The first-order valence-corrected chi connectivity index (χ1v) is 5.40. The lowest BCUT2D eigenvalue weighted by Gasteiger charge is -2.35. The largest absolute Gasteiger partial charge is 0.299 e. The molecule has 0 amide bonds. The van der Waals surface area contributed by atoms with E-state index < -0.39 is 10.7 Å². The highest BCUT2D eigenvalue weighted by atomic mass is 79.9. The predicted octanol–water partition coefficient (Wildman–Crippen LogP) is 1.52. The predicted molar refractivity (Wildman–Crippen MR) is 55.3 cm³/mol. The van der Waals surface area contributed by atoms with Crippen LogP contribution >= 0.6 is 15.9 Å². The van der Waals surface area contributed by atoms with E-state index in [0.717, 1.165) is 0 Å². The van der Waals surface area contributed by atoms with E-state index in [0.29, 0.717) is 0 Å². The Morgan fingerprint density at radius 2 is 1.93 bits per heavy atom. The van der Waals surface area contributed by atoms with Crippen molar-refractivity contribution in [2.45, 2.75) is 32.0 Å². The Morgan fingerprint density at radius 1 is 1.43 bits per heavy atom. The Hall–Kier alpha value is -0.510. The minimum absolute atomic E-state index is 0.247. The lowest BCUT2D eigenvalue weighted by Crippen LogP contribution is -2.48. The number of halogens is 1. The maximum atomic E-state index is 11.7. The molecule has 0 aromatic rings. The van der Waals surface area contributed by atoms with Gasteiger partial charge in [-0.25, -0.2) is 0 Å². The first kappa shape index (κ1) is 11.6. The monoisotopic (exact) mass is 260 g/mol. The molecule has 1 saturated carbocycles. The van der Waals surface area contributed by atoms with Crippen molar-refractivity contribution in [1.29, 1.82) is 0 Å². The summed E-state index contributed by atoms with van der Waals surface area (Å²) in [5.41, 5.74) is -0.389. The van der Waals surface area contributed by atoms with Gasteiger partial charge in [-0.3, -0.25) is 14.4 Å². The molecular formula is C10H13BrO3. The first-order chi connectivity index (χ1) is 6.27. The summed E-state index contributed by atoms with van der Waals surface area (Å²) in [6, 6.07) is 0. The van der Waals surface area contributed by atoms with Gasteiger partial charge < -0.3 is 0 Å². The smallest absolute Gasteiger partial charge is 0.164 e. The van der Waals surface area contributed by atoms with E-state index >= 15 is 0 Å². The summed E-state index contributed by atoms with van der Waals surface area (Å²) in [6.07, 6.45) is 0.277. The number of carbonyl (C=O) groups is 3. The van der Waals surface area contributed by atoms with Crippen LogP contribution < -0.4 is 0 Å². The van der Waals surface area contributed by atoms with Crippen LogP contribution in [0.2, 0.25) is 0 Å². The van der Waals surface area contributed by atoms with E-state index in [1.54, 1.807) is 0 Å². The second kappa shape index (κ2) is 3.57. The number of hydrogen-bond donors (Lipinski definition) is 0. The van der Waals surface area contributed by atoms with Crippen molar-refractivity contribution in [2.24, 2.45) is 11.3 Å². The molecule has 0 N–H and O–H groups in total. The summed E-state index contributed by atoms with van der Waals surface area (Å²) in [6.45, 7) is 4.98. The molecule has 1 aliphatic rings. The van der Waals surface area contributed by atoms with E-state index in [-0.39, 0.29) is 29.2 Å². The molecule has 1 aliphatic carbocycles. The van der Waals surface area contributed by atoms with Gasteiger partial charge in [-0.15, -0.1) is 0 Å². The lowest BCUT2D eigenvalue weighted by atomic mass is 9.70. The van der Waals surface area contributed by atoms with Gasteiger partial charge in [0, 0.05) is 6.42 Å². The third-order valence-electron chi connectivity index (χ3n) is 2.58. The minimum Gasteiger partial charge on any atom is -0.299 e. The fourth-order valence-corrected chi connectivity index (χ4v) is 2.18. The molecule has 3 nitrogen and oxygen atoms in total. The van der Waals surface area contributed by atoms with E-state index in [1.807, 2.05) is 13.8 Å². The van der Waals surface area contributed by atoms with Crippen LogP contribution in [0.25, 0.3) is 0 Å². The first-order valence-electron chi connectivity index (χ1n) is 4.48. The van der Waals surface area contributed by atoms with Crippen LogP contribution in [0.5, 0.6) is 0 Å². The second-order valence-corrected chi connectivity index (χ2v) is 5.36. The van der Waals surface area contributed by atoms with Crippen LogP contribution in [-0.2, 0) is 14.4 Å². The van der Waals surface area contributed by atoms with Crippen LogP contribution in [-0.4, -0.2) is 22.2 Å². The van der Waals surface area contributed by atoms with Gasteiger partial charge in [0.2, 0.25) is 0 Å². The fraction of sp³-hybridized carbons (Fsp3) is 0.700. The summed E-state index contributed by atoms with van der Waals surface area (Å²) >= 11 is 3.26. The maximum absolute atomic E-state index is 11.7. The number of ketones is 3. The third kappa shape index (κ3) is 1.80. The molecule has 78 valence electrons. The Balaban J connectivity index is 3.03. The van der Waals surface area contributed by atoms with E-state index in [4.69, 9.17) is 0 Å². The van der Waals surface area contributed by atoms with Gasteiger partial charge in [0.1, 0.15) is 11.7 Å². The highest BCUT2D eigenvalue weighted by Crippen LogP contribution is 2.38. The van der Waals surface area contributed by atoms with Crippen molar-refractivity contribution in [2.75, 3.05) is 0 Å². The van der Waals surface area contributed by atoms with Crippen LogP contribution in [0.4, 0.5) is 0 Å². The van der Waals surface area contributed by atoms with Crippen LogP contribution in [0.15, 0.2) is 0 Å². The minimum atomic E-state index is -1.03. The fourth-order valence-electron chi connectivity index (χ4n) is 1.76. The van der Waals surface area contributed by atoms with Crippen molar-refractivity contribution in [1.82, 2.24) is 0 Å². The van der Waals surface area contributed by atoms with Crippen LogP contribution in [0.3, 0.4) is 0 Å². The molecule has 0 radical (unpaired) electrons. The number of Topliss-reactive ketones (excluding diaryl/α,β-unsaturated/α-hetero) is 3. The van der Waals surface area contributed by atoms with Gasteiger partial charge in [0.25, 0.3) is 0 Å². The zero-order valence-corrected chi connectivity index (χ0v) is 10.1. The van der Waals surface area contributed by atoms with Gasteiger partial charge >= 0.3 is 0 Å². The molecule has 0 aromatic heterocycles. The lowest BCUT2D eigenvalue weighted by molar-refractivity contribution is -0.143. The zero-order valence-electron chi connectivity index (χ0n) is 8.46. The molecule has 4 heteroatoms. The maximum Gasteiger partial charge on any atom is 0.164 e. The van der Waals surface area contributed by atoms with Crippen LogP contribution in [0, 0.1) is 11.3 Å².